The summed E-state index contributed by atoms with van der Waals surface area (Å²) in [6, 6.07) is 1.56. The van der Waals surface area contributed by atoms with E-state index < -0.39 is 10.0 Å². The van der Waals surface area contributed by atoms with Crippen LogP contribution in [0.25, 0.3) is 0 Å². The minimum atomic E-state index is -3.45. The molecule has 0 spiro atoms. The van der Waals surface area contributed by atoms with E-state index in [1.54, 1.807) is 17.3 Å². The van der Waals surface area contributed by atoms with Crippen molar-refractivity contribution in [1.82, 2.24) is 4.31 Å². The average molecular weight is 300 g/mol. The summed E-state index contributed by atoms with van der Waals surface area (Å²) in [6.45, 7) is 5.26. The van der Waals surface area contributed by atoms with Gasteiger partial charge < -0.3 is 10.2 Å². The number of nitrogens with two attached hydrogens (primary N) is 1. The second kappa shape index (κ2) is 6.28. The van der Waals surface area contributed by atoms with Gasteiger partial charge >= 0.3 is 0 Å². The first kappa shape index (κ1) is 15.5. The second-order valence-electron chi connectivity index (χ2n) is 5.45. The Bertz CT molecular complexity index is 551. The third-order valence-corrected chi connectivity index (χ3v) is 6.13. The van der Waals surface area contributed by atoms with Gasteiger partial charge in [0.2, 0.25) is 10.0 Å². The molecule has 2 N–H and O–H groups in total. The van der Waals surface area contributed by atoms with E-state index in [1.165, 1.54) is 0 Å². The van der Waals surface area contributed by atoms with Crippen molar-refractivity contribution < 1.29 is 12.8 Å². The third-order valence-electron chi connectivity index (χ3n) is 4.13. The van der Waals surface area contributed by atoms with Gasteiger partial charge in [0.15, 0.2) is 0 Å². The number of nitrogens with zero attached hydrogens (tertiary/aromatic N) is 1. The fourth-order valence-corrected chi connectivity index (χ4v) is 4.49. The Morgan fingerprint density at radius 1 is 1.40 bits per heavy atom. The van der Waals surface area contributed by atoms with Gasteiger partial charge in [-0.05, 0) is 32.1 Å². The fourth-order valence-electron chi connectivity index (χ4n) is 2.81. The van der Waals surface area contributed by atoms with Crippen molar-refractivity contribution >= 4 is 10.0 Å². The van der Waals surface area contributed by atoms with Crippen LogP contribution in [-0.2, 0) is 16.6 Å². The molecule has 2 rings (SSSR count). The first-order valence-electron chi connectivity index (χ1n) is 7.28. The Balaban J connectivity index is 2.23. The van der Waals surface area contributed by atoms with Crippen LogP contribution in [0.5, 0.6) is 0 Å². The van der Waals surface area contributed by atoms with Crippen LogP contribution in [0.15, 0.2) is 15.4 Å². The van der Waals surface area contributed by atoms with E-state index in [0.717, 1.165) is 25.7 Å². The number of aryl methyl sites for hydroxylation is 1. The maximum atomic E-state index is 12.7. The van der Waals surface area contributed by atoms with E-state index in [0.29, 0.717) is 30.5 Å². The van der Waals surface area contributed by atoms with Gasteiger partial charge in [-0.1, -0.05) is 13.3 Å². The van der Waals surface area contributed by atoms with Crippen molar-refractivity contribution in [2.75, 3.05) is 13.1 Å². The van der Waals surface area contributed by atoms with Gasteiger partial charge in [0.25, 0.3) is 0 Å². The van der Waals surface area contributed by atoms with Gasteiger partial charge in [0, 0.05) is 19.2 Å². The Morgan fingerprint density at radius 3 is 2.75 bits per heavy atom. The zero-order chi connectivity index (χ0) is 14.8. The molecule has 20 heavy (non-hydrogen) atoms. The van der Waals surface area contributed by atoms with Crippen LogP contribution in [0.4, 0.5) is 0 Å². The summed E-state index contributed by atoms with van der Waals surface area (Å²) in [5, 5.41) is 0. The molecule has 1 aromatic heterocycles. The van der Waals surface area contributed by atoms with E-state index in [9.17, 15) is 8.42 Å². The fraction of sp³-hybridized carbons (Fsp3) is 0.714. The summed E-state index contributed by atoms with van der Waals surface area (Å²) in [4.78, 5) is 0.271. The van der Waals surface area contributed by atoms with Crippen LogP contribution >= 0.6 is 0 Å². The standard InChI is InChI=1S/C14H24N2O3S/c1-3-12-5-4-7-16(8-6-12)20(17,18)14-9-13(10-15)19-11(14)2/h9,12H,3-8,10,15H2,1-2H3. The van der Waals surface area contributed by atoms with E-state index in [2.05, 4.69) is 6.92 Å². The van der Waals surface area contributed by atoms with Crippen LogP contribution in [0.3, 0.4) is 0 Å². The molecule has 1 aromatic rings. The van der Waals surface area contributed by atoms with Crippen LogP contribution in [0, 0.1) is 12.8 Å². The molecule has 114 valence electrons. The van der Waals surface area contributed by atoms with Gasteiger partial charge in [-0.15, -0.1) is 0 Å². The minimum Gasteiger partial charge on any atom is -0.464 e. The zero-order valence-corrected chi connectivity index (χ0v) is 13.1. The molecule has 0 aliphatic carbocycles. The Morgan fingerprint density at radius 2 is 2.15 bits per heavy atom. The van der Waals surface area contributed by atoms with Crippen molar-refractivity contribution in [3.63, 3.8) is 0 Å². The molecule has 0 bridgehead atoms. The lowest BCUT2D eigenvalue weighted by atomic mass is 9.98. The molecule has 0 amide bonds. The minimum absolute atomic E-state index is 0.217. The maximum Gasteiger partial charge on any atom is 0.246 e. The summed E-state index contributed by atoms with van der Waals surface area (Å²) in [5.41, 5.74) is 5.51. The lowest BCUT2D eigenvalue weighted by Gasteiger charge is -2.19. The van der Waals surface area contributed by atoms with Crippen molar-refractivity contribution in [3.05, 3.63) is 17.6 Å². The molecular formula is C14H24N2O3S. The Labute approximate surface area is 121 Å². The van der Waals surface area contributed by atoms with E-state index in [-0.39, 0.29) is 11.4 Å². The molecular weight excluding hydrogens is 276 g/mol. The molecule has 1 aliphatic rings. The van der Waals surface area contributed by atoms with Gasteiger partial charge in [-0.2, -0.15) is 4.31 Å². The normalized spacial score (nSPS) is 21.9. The number of sulfonamides is 1. The number of hydrogen-bond donors (Lipinski definition) is 1. The maximum absolute atomic E-state index is 12.7. The van der Waals surface area contributed by atoms with Crippen LogP contribution in [-0.4, -0.2) is 25.8 Å². The predicted octanol–water partition coefficient (Wildman–Crippen LogP) is 2.25. The van der Waals surface area contributed by atoms with Crippen molar-refractivity contribution in [2.45, 2.75) is 51.0 Å². The molecule has 1 aliphatic heterocycles. The van der Waals surface area contributed by atoms with Gasteiger partial charge in [-0.3, -0.25) is 0 Å². The van der Waals surface area contributed by atoms with Crippen molar-refractivity contribution in [2.24, 2.45) is 11.7 Å². The first-order chi connectivity index (χ1) is 9.48. The summed E-state index contributed by atoms with van der Waals surface area (Å²) in [6.07, 6.45) is 4.10. The predicted molar refractivity (Wildman–Crippen MR) is 77.7 cm³/mol. The quantitative estimate of drug-likeness (QED) is 0.925. The molecule has 1 fully saturated rings. The lowest BCUT2D eigenvalue weighted by molar-refractivity contribution is 0.405. The van der Waals surface area contributed by atoms with Crippen molar-refractivity contribution in [1.29, 1.82) is 0 Å². The van der Waals surface area contributed by atoms with Crippen molar-refractivity contribution in [3.8, 4) is 0 Å². The number of rotatable bonds is 4. The zero-order valence-electron chi connectivity index (χ0n) is 12.3. The largest absolute Gasteiger partial charge is 0.464 e. The highest BCUT2D eigenvalue weighted by Gasteiger charge is 2.30. The molecule has 1 unspecified atom stereocenters. The monoisotopic (exact) mass is 300 g/mol. The van der Waals surface area contributed by atoms with E-state index in [4.69, 9.17) is 10.2 Å². The van der Waals surface area contributed by atoms with Crippen LogP contribution in [0.2, 0.25) is 0 Å². The van der Waals surface area contributed by atoms with Crippen LogP contribution in [0.1, 0.15) is 44.1 Å². The SMILES string of the molecule is CCC1CCCN(S(=O)(=O)c2cc(CN)oc2C)CC1. The lowest BCUT2D eigenvalue weighted by Crippen LogP contribution is -2.32. The van der Waals surface area contributed by atoms with Crippen LogP contribution < -0.4 is 5.73 Å². The smallest absolute Gasteiger partial charge is 0.246 e. The highest BCUT2D eigenvalue weighted by Crippen LogP contribution is 2.27. The molecule has 0 saturated carbocycles. The third kappa shape index (κ3) is 3.07. The van der Waals surface area contributed by atoms with E-state index in [1.807, 2.05) is 0 Å². The first-order valence-corrected chi connectivity index (χ1v) is 8.72. The molecule has 2 heterocycles. The topological polar surface area (TPSA) is 76.5 Å². The molecule has 1 saturated heterocycles. The average Bonchev–Trinajstić information content (AvgIpc) is 2.66. The van der Waals surface area contributed by atoms with Gasteiger partial charge in [0.05, 0.1) is 6.54 Å². The molecule has 6 heteroatoms. The summed E-state index contributed by atoms with van der Waals surface area (Å²) in [7, 11) is -3.45. The highest BCUT2D eigenvalue weighted by molar-refractivity contribution is 7.89. The summed E-state index contributed by atoms with van der Waals surface area (Å²) < 4.78 is 32.4. The molecule has 0 aromatic carbocycles. The number of furan rings is 1. The highest BCUT2D eigenvalue weighted by atomic mass is 32.2. The molecule has 1 atom stereocenters. The van der Waals surface area contributed by atoms with Gasteiger partial charge in [0.1, 0.15) is 16.4 Å². The summed E-state index contributed by atoms with van der Waals surface area (Å²) in [5.74, 6) is 1.59. The Hall–Kier alpha value is -0.850. The molecule has 5 nitrogen and oxygen atoms in total. The Kier molecular flexibility index (Phi) is 4.88. The summed E-state index contributed by atoms with van der Waals surface area (Å²) >= 11 is 0. The van der Waals surface area contributed by atoms with Gasteiger partial charge in [-0.25, -0.2) is 8.42 Å². The molecule has 0 radical (unpaired) electrons. The van der Waals surface area contributed by atoms with E-state index >= 15 is 0 Å². The second-order valence-corrected chi connectivity index (χ2v) is 7.35. The number of hydrogen-bond acceptors (Lipinski definition) is 4.